The highest BCUT2D eigenvalue weighted by molar-refractivity contribution is 9.10. The summed E-state index contributed by atoms with van der Waals surface area (Å²) in [5, 5.41) is 2.43. The maximum absolute atomic E-state index is 13.2. The van der Waals surface area contributed by atoms with E-state index in [1.165, 1.54) is 18.0 Å². The van der Waals surface area contributed by atoms with Crippen molar-refractivity contribution >= 4 is 39.2 Å². The van der Waals surface area contributed by atoms with E-state index in [1.807, 2.05) is 0 Å². The predicted octanol–water partition coefficient (Wildman–Crippen LogP) is 1.25. The summed E-state index contributed by atoms with van der Waals surface area (Å²) in [7, 11) is 1.48. The van der Waals surface area contributed by atoms with Crippen LogP contribution in [0.5, 0.6) is 0 Å². The van der Waals surface area contributed by atoms with Gasteiger partial charge < -0.3 is 10.2 Å². The number of Topliss-reactive ketones (excluding diaryl/α,β-unsaturated/α-hetero) is 1. The number of nitrogens with zero attached hydrogens (tertiary/aromatic N) is 1. The number of nitrogens with one attached hydrogen (secondary N) is 1. The molecule has 100 valence electrons. The molecule has 0 atom stereocenters. The van der Waals surface area contributed by atoms with Crippen LogP contribution in [0.1, 0.15) is 16.8 Å². The third-order valence-electron chi connectivity index (χ3n) is 2.82. The van der Waals surface area contributed by atoms with Gasteiger partial charge in [-0.3, -0.25) is 14.4 Å². The van der Waals surface area contributed by atoms with Gasteiger partial charge in [0.05, 0.1) is 11.3 Å². The maximum Gasteiger partial charge on any atom is 0.299 e. The number of carbonyl (C=O) groups excluding carboxylic acids is 3. The smallest absolute Gasteiger partial charge is 0.299 e. The molecule has 0 aromatic heterocycles. The number of anilines is 1. The molecule has 0 aliphatic carbocycles. The van der Waals surface area contributed by atoms with Gasteiger partial charge in [0.1, 0.15) is 5.82 Å². The van der Waals surface area contributed by atoms with Gasteiger partial charge >= 0.3 is 0 Å². The van der Waals surface area contributed by atoms with Crippen LogP contribution in [-0.2, 0) is 9.59 Å². The molecule has 0 saturated carbocycles. The molecule has 5 nitrogen and oxygen atoms in total. The second-order valence-corrected chi connectivity index (χ2v) is 4.85. The lowest BCUT2D eigenvalue weighted by atomic mass is 10.1. The van der Waals surface area contributed by atoms with Crippen LogP contribution in [-0.4, -0.2) is 31.2 Å². The average molecular weight is 329 g/mol. The summed E-state index contributed by atoms with van der Waals surface area (Å²) >= 11 is 3.13. The first-order valence-corrected chi connectivity index (χ1v) is 6.31. The van der Waals surface area contributed by atoms with Crippen molar-refractivity contribution in [2.45, 2.75) is 6.42 Å². The predicted molar refractivity (Wildman–Crippen MR) is 69.5 cm³/mol. The Kier molecular flexibility index (Phi) is 3.66. The number of ketones is 1. The Balaban J connectivity index is 2.36. The van der Waals surface area contributed by atoms with Gasteiger partial charge in [-0.2, -0.15) is 0 Å². The monoisotopic (exact) mass is 328 g/mol. The zero-order valence-corrected chi connectivity index (χ0v) is 11.6. The maximum atomic E-state index is 13.2. The number of halogens is 2. The van der Waals surface area contributed by atoms with E-state index >= 15 is 0 Å². The van der Waals surface area contributed by atoms with Gasteiger partial charge in [-0.25, -0.2) is 4.39 Å². The van der Waals surface area contributed by atoms with Gasteiger partial charge in [-0.15, -0.1) is 0 Å². The van der Waals surface area contributed by atoms with Crippen molar-refractivity contribution in [3.63, 3.8) is 0 Å². The van der Waals surface area contributed by atoms with Crippen molar-refractivity contribution in [3.05, 3.63) is 28.0 Å². The molecule has 0 unspecified atom stereocenters. The second kappa shape index (κ2) is 5.08. The standard InChI is InChI=1S/C12H10BrFN2O3/c1-15-9(17)2-3-16-10-7(11(18)12(16)19)4-6(14)5-8(10)13/h4-5H,2-3H2,1H3,(H,15,17). The molecule has 1 aliphatic heterocycles. The minimum absolute atomic E-state index is 0.0220. The summed E-state index contributed by atoms with van der Waals surface area (Å²) in [6.07, 6.45) is 0.0682. The molecule has 1 aromatic rings. The number of rotatable bonds is 3. The lowest BCUT2D eigenvalue weighted by Crippen LogP contribution is -2.33. The summed E-state index contributed by atoms with van der Waals surface area (Å²) in [4.78, 5) is 36.0. The first-order valence-electron chi connectivity index (χ1n) is 5.51. The Bertz CT molecular complexity index is 589. The summed E-state index contributed by atoms with van der Waals surface area (Å²) in [6.45, 7) is 0.0709. The van der Waals surface area contributed by atoms with Crippen molar-refractivity contribution < 1.29 is 18.8 Å². The number of benzene rings is 1. The Morgan fingerprint density at radius 3 is 2.74 bits per heavy atom. The Morgan fingerprint density at radius 1 is 1.42 bits per heavy atom. The number of hydrogen-bond acceptors (Lipinski definition) is 3. The molecule has 1 N–H and O–H groups in total. The van der Waals surface area contributed by atoms with E-state index in [0.29, 0.717) is 10.2 Å². The third kappa shape index (κ3) is 2.37. The van der Waals surface area contributed by atoms with Crippen LogP contribution < -0.4 is 10.2 Å². The lowest BCUT2D eigenvalue weighted by Gasteiger charge is -2.17. The van der Waals surface area contributed by atoms with Crippen LogP contribution in [0.2, 0.25) is 0 Å². The molecule has 2 rings (SSSR count). The van der Waals surface area contributed by atoms with Gasteiger partial charge in [0.25, 0.3) is 11.7 Å². The highest BCUT2D eigenvalue weighted by Gasteiger charge is 2.37. The molecule has 1 heterocycles. The van der Waals surface area contributed by atoms with Crippen molar-refractivity contribution in [2.75, 3.05) is 18.5 Å². The zero-order chi connectivity index (χ0) is 14.2. The molecule has 0 bridgehead atoms. The Labute approximate surface area is 116 Å². The van der Waals surface area contributed by atoms with E-state index in [4.69, 9.17) is 0 Å². The Morgan fingerprint density at radius 2 is 2.11 bits per heavy atom. The van der Waals surface area contributed by atoms with Gasteiger partial charge in [0.2, 0.25) is 5.91 Å². The highest BCUT2D eigenvalue weighted by Crippen LogP contribution is 2.36. The van der Waals surface area contributed by atoms with Crippen molar-refractivity contribution in [1.82, 2.24) is 5.32 Å². The fraction of sp³-hybridized carbons (Fsp3) is 0.250. The molecular weight excluding hydrogens is 319 g/mol. The summed E-state index contributed by atoms with van der Waals surface area (Å²) < 4.78 is 13.6. The summed E-state index contributed by atoms with van der Waals surface area (Å²) in [6, 6.07) is 2.21. The quantitative estimate of drug-likeness (QED) is 0.849. The molecular formula is C12H10BrFN2O3. The van der Waals surface area contributed by atoms with Gasteiger partial charge in [0.15, 0.2) is 0 Å². The van der Waals surface area contributed by atoms with Gasteiger partial charge in [-0.1, -0.05) is 0 Å². The second-order valence-electron chi connectivity index (χ2n) is 3.99. The van der Waals surface area contributed by atoms with Crippen LogP contribution in [0, 0.1) is 5.82 Å². The van der Waals surface area contributed by atoms with Crippen molar-refractivity contribution in [1.29, 1.82) is 0 Å². The van der Waals surface area contributed by atoms with E-state index < -0.39 is 17.5 Å². The van der Waals surface area contributed by atoms with E-state index in [1.54, 1.807) is 0 Å². The first-order chi connectivity index (χ1) is 8.95. The molecule has 0 spiro atoms. The molecule has 1 aromatic carbocycles. The van der Waals surface area contributed by atoms with Gasteiger partial charge in [-0.05, 0) is 28.1 Å². The molecule has 1 aliphatic rings. The summed E-state index contributed by atoms with van der Waals surface area (Å²) in [5.41, 5.74) is 0.342. The SMILES string of the molecule is CNC(=O)CCN1C(=O)C(=O)c2cc(F)cc(Br)c21. The topological polar surface area (TPSA) is 66.5 Å². The minimum atomic E-state index is -0.757. The van der Waals surface area contributed by atoms with Crippen LogP contribution >= 0.6 is 15.9 Å². The largest absolute Gasteiger partial charge is 0.359 e. The van der Waals surface area contributed by atoms with Crippen LogP contribution in [0.15, 0.2) is 16.6 Å². The first kappa shape index (κ1) is 13.7. The van der Waals surface area contributed by atoms with E-state index in [-0.39, 0.29) is 24.4 Å². The molecule has 2 amide bonds. The number of carbonyl (C=O) groups is 3. The molecule has 0 fully saturated rings. The van der Waals surface area contributed by atoms with E-state index in [9.17, 15) is 18.8 Å². The van der Waals surface area contributed by atoms with Crippen LogP contribution in [0.4, 0.5) is 10.1 Å². The molecule has 0 saturated heterocycles. The number of amides is 2. The highest BCUT2D eigenvalue weighted by atomic mass is 79.9. The van der Waals surface area contributed by atoms with Gasteiger partial charge in [0, 0.05) is 24.5 Å². The average Bonchev–Trinajstić information content (AvgIpc) is 2.60. The Hall–Kier alpha value is -1.76. The van der Waals surface area contributed by atoms with E-state index in [2.05, 4.69) is 21.2 Å². The lowest BCUT2D eigenvalue weighted by molar-refractivity contribution is -0.120. The minimum Gasteiger partial charge on any atom is -0.359 e. The zero-order valence-electron chi connectivity index (χ0n) is 10.00. The molecule has 7 heteroatoms. The summed E-state index contributed by atoms with van der Waals surface area (Å²) in [5.74, 6) is -2.34. The number of hydrogen-bond donors (Lipinski definition) is 1. The van der Waals surface area contributed by atoms with Crippen molar-refractivity contribution in [2.24, 2.45) is 0 Å². The normalized spacial score (nSPS) is 13.7. The fourth-order valence-electron chi connectivity index (χ4n) is 1.90. The van der Waals surface area contributed by atoms with Crippen LogP contribution in [0.3, 0.4) is 0 Å². The molecule has 0 radical (unpaired) electrons. The van der Waals surface area contributed by atoms with E-state index in [0.717, 1.165) is 6.07 Å². The number of fused-ring (bicyclic) bond motifs is 1. The fourth-order valence-corrected chi connectivity index (χ4v) is 2.55. The van der Waals surface area contributed by atoms with Crippen LogP contribution in [0.25, 0.3) is 0 Å². The third-order valence-corrected chi connectivity index (χ3v) is 3.43. The van der Waals surface area contributed by atoms with Crippen molar-refractivity contribution in [3.8, 4) is 0 Å². The molecule has 19 heavy (non-hydrogen) atoms.